The van der Waals surface area contributed by atoms with Gasteiger partial charge in [-0.3, -0.25) is 4.90 Å². The predicted octanol–water partition coefficient (Wildman–Crippen LogP) is 1.80. The first-order chi connectivity index (χ1) is 7.42. The summed E-state index contributed by atoms with van der Waals surface area (Å²) in [5.74, 6) is 1.05. The second kappa shape index (κ2) is 5.14. The van der Waals surface area contributed by atoms with E-state index in [9.17, 15) is 0 Å². The van der Waals surface area contributed by atoms with Gasteiger partial charge >= 0.3 is 0 Å². The van der Waals surface area contributed by atoms with Crippen LogP contribution in [0, 0.1) is 0 Å². The fraction of sp³-hybridized carbons (Fsp3) is 0.500. The predicted molar refractivity (Wildman–Crippen MR) is 60.7 cm³/mol. The van der Waals surface area contributed by atoms with E-state index in [0.717, 1.165) is 38.4 Å². The minimum Gasteiger partial charge on any atom is -0.468 e. The standard InChI is InChI=1S/C12H18N2O/c1-2-4-11(12-5-3-10-15-12)14-8-6-13-7-9-14/h2-3,5,10-11,13H,1,4,6-9H2/t11-/m0/s1. The third-order valence-corrected chi connectivity index (χ3v) is 2.85. The summed E-state index contributed by atoms with van der Waals surface area (Å²) in [5.41, 5.74) is 0. The number of hydrogen-bond acceptors (Lipinski definition) is 3. The van der Waals surface area contributed by atoms with Crippen molar-refractivity contribution < 1.29 is 4.42 Å². The minimum absolute atomic E-state index is 0.361. The molecule has 0 amide bonds. The molecular weight excluding hydrogens is 188 g/mol. The molecule has 1 aliphatic rings. The maximum Gasteiger partial charge on any atom is 0.121 e. The molecule has 1 saturated heterocycles. The Labute approximate surface area is 90.8 Å². The Hall–Kier alpha value is -1.06. The quantitative estimate of drug-likeness (QED) is 0.761. The van der Waals surface area contributed by atoms with Crippen LogP contribution in [0.1, 0.15) is 18.2 Å². The molecule has 3 heteroatoms. The number of rotatable bonds is 4. The Bertz CT molecular complexity index is 289. The first-order valence-electron chi connectivity index (χ1n) is 5.51. The summed E-state index contributed by atoms with van der Waals surface area (Å²) in [6.07, 6.45) is 4.66. The molecule has 0 unspecified atom stereocenters. The Kier molecular flexibility index (Phi) is 3.59. The van der Waals surface area contributed by atoms with Gasteiger partial charge in [-0.25, -0.2) is 0 Å². The number of nitrogens with zero attached hydrogens (tertiary/aromatic N) is 1. The van der Waals surface area contributed by atoms with Gasteiger partial charge in [-0.1, -0.05) is 6.08 Å². The van der Waals surface area contributed by atoms with Crippen LogP contribution >= 0.6 is 0 Å². The highest BCUT2D eigenvalue weighted by Gasteiger charge is 2.22. The van der Waals surface area contributed by atoms with Crippen LogP contribution in [0.5, 0.6) is 0 Å². The Morgan fingerprint density at radius 1 is 1.53 bits per heavy atom. The normalized spacial score (nSPS) is 20.0. The molecule has 1 atom stereocenters. The summed E-state index contributed by atoms with van der Waals surface area (Å²) in [5, 5.41) is 3.36. The first kappa shape index (κ1) is 10.5. The molecule has 1 aromatic heterocycles. The number of furan rings is 1. The Balaban J connectivity index is 2.07. The van der Waals surface area contributed by atoms with Gasteiger partial charge in [0.1, 0.15) is 5.76 Å². The smallest absolute Gasteiger partial charge is 0.121 e. The number of piperazine rings is 1. The van der Waals surface area contributed by atoms with Gasteiger partial charge in [0.05, 0.1) is 12.3 Å². The van der Waals surface area contributed by atoms with Crippen molar-refractivity contribution in [3.05, 3.63) is 36.8 Å². The molecule has 0 aromatic carbocycles. The lowest BCUT2D eigenvalue weighted by atomic mass is 10.1. The van der Waals surface area contributed by atoms with Crippen LogP contribution in [0.25, 0.3) is 0 Å². The molecule has 0 bridgehead atoms. The summed E-state index contributed by atoms with van der Waals surface area (Å²) in [4.78, 5) is 2.46. The zero-order valence-corrected chi connectivity index (χ0v) is 8.98. The second-order valence-electron chi connectivity index (χ2n) is 3.84. The molecule has 0 spiro atoms. The molecule has 0 radical (unpaired) electrons. The van der Waals surface area contributed by atoms with Crippen LogP contribution in [-0.2, 0) is 0 Å². The van der Waals surface area contributed by atoms with Crippen molar-refractivity contribution in [2.75, 3.05) is 26.2 Å². The molecule has 82 valence electrons. The van der Waals surface area contributed by atoms with Gasteiger partial charge in [-0.15, -0.1) is 6.58 Å². The van der Waals surface area contributed by atoms with Crippen molar-refractivity contribution in [2.24, 2.45) is 0 Å². The average Bonchev–Trinajstić information content (AvgIpc) is 2.80. The van der Waals surface area contributed by atoms with Crippen LogP contribution in [0.3, 0.4) is 0 Å². The summed E-state index contributed by atoms with van der Waals surface area (Å²) < 4.78 is 5.49. The van der Waals surface area contributed by atoms with E-state index in [2.05, 4.69) is 22.9 Å². The molecule has 0 aliphatic carbocycles. The largest absolute Gasteiger partial charge is 0.468 e. The fourth-order valence-corrected chi connectivity index (χ4v) is 2.08. The third kappa shape index (κ3) is 2.49. The first-order valence-corrected chi connectivity index (χ1v) is 5.51. The van der Waals surface area contributed by atoms with E-state index in [1.807, 2.05) is 12.1 Å². The molecule has 3 nitrogen and oxygen atoms in total. The van der Waals surface area contributed by atoms with Gasteiger partial charge in [0, 0.05) is 26.2 Å². The molecule has 1 N–H and O–H groups in total. The summed E-state index contributed by atoms with van der Waals surface area (Å²) >= 11 is 0. The molecule has 0 saturated carbocycles. The topological polar surface area (TPSA) is 28.4 Å². The lowest BCUT2D eigenvalue weighted by Crippen LogP contribution is -2.45. The monoisotopic (exact) mass is 206 g/mol. The molecule has 1 aliphatic heterocycles. The molecular formula is C12H18N2O. The molecule has 2 rings (SSSR count). The van der Waals surface area contributed by atoms with E-state index < -0.39 is 0 Å². The number of hydrogen-bond donors (Lipinski definition) is 1. The fourth-order valence-electron chi connectivity index (χ4n) is 2.08. The van der Waals surface area contributed by atoms with E-state index in [4.69, 9.17) is 4.42 Å². The number of nitrogens with one attached hydrogen (secondary N) is 1. The van der Waals surface area contributed by atoms with Crippen molar-refractivity contribution in [1.82, 2.24) is 10.2 Å². The highest BCUT2D eigenvalue weighted by Crippen LogP contribution is 2.25. The zero-order chi connectivity index (χ0) is 10.5. The van der Waals surface area contributed by atoms with Gasteiger partial charge < -0.3 is 9.73 Å². The Morgan fingerprint density at radius 3 is 2.93 bits per heavy atom. The zero-order valence-electron chi connectivity index (χ0n) is 8.98. The summed E-state index contributed by atoms with van der Waals surface area (Å²) in [7, 11) is 0. The molecule has 1 fully saturated rings. The lowest BCUT2D eigenvalue weighted by Gasteiger charge is -2.33. The van der Waals surface area contributed by atoms with E-state index in [0.29, 0.717) is 6.04 Å². The summed E-state index contributed by atoms with van der Waals surface area (Å²) in [6, 6.07) is 4.36. The highest BCUT2D eigenvalue weighted by atomic mass is 16.3. The third-order valence-electron chi connectivity index (χ3n) is 2.85. The maximum absolute atomic E-state index is 5.49. The van der Waals surface area contributed by atoms with Gasteiger partial charge in [0.25, 0.3) is 0 Å². The van der Waals surface area contributed by atoms with Crippen molar-refractivity contribution in [3.63, 3.8) is 0 Å². The van der Waals surface area contributed by atoms with Crippen LogP contribution in [-0.4, -0.2) is 31.1 Å². The highest BCUT2D eigenvalue weighted by molar-refractivity contribution is 5.06. The van der Waals surface area contributed by atoms with Crippen molar-refractivity contribution in [3.8, 4) is 0 Å². The SMILES string of the molecule is C=CC[C@@H](c1ccco1)N1CCNCC1. The van der Waals surface area contributed by atoms with E-state index >= 15 is 0 Å². The van der Waals surface area contributed by atoms with Crippen LogP contribution in [0.2, 0.25) is 0 Å². The molecule has 15 heavy (non-hydrogen) atoms. The van der Waals surface area contributed by atoms with Gasteiger partial charge in [0.2, 0.25) is 0 Å². The van der Waals surface area contributed by atoms with E-state index in [1.54, 1.807) is 6.26 Å². The van der Waals surface area contributed by atoms with Crippen LogP contribution < -0.4 is 5.32 Å². The van der Waals surface area contributed by atoms with Crippen LogP contribution in [0.4, 0.5) is 0 Å². The lowest BCUT2D eigenvalue weighted by molar-refractivity contribution is 0.155. The average molecular weight is 206 g/mol. The van der Waals surface area contributed by atoms with Crippen molar-refractivity contribution in [1.29, 1.82) is 0 Å². The van der Waals surface area contributed by atoms with Crippen molar-refractivity contribution >= 4 is 0 Å². The van der Waals surface area contributed by atoms with Crippen molar-refractivity contribution in [2.45, 2.75) is 12.5 Å². The van der Waals surface area contributed by atoms with E-state index in [-0.39, 0.29) is 0 Å². The van der Waals surface area contributed by atoms with Gasteiger partial charge in [-0.2, -0.15) is 0 Å². The second-order valence-corrected chi connectivity index (χ2v) is 3.84. The Morgan fingerprint density at radius 2 is 2.33 bits per heavy atom. The van der Waals surface area contributed by atoms with E-state index in [1.165, 1.54) is 0 Å². The van der Waals surface area contributed by atoms with Crippen LogP contribution in [0.15, 0.2) is 35.5 Å². The van der Waals surface area contributed by atoms with Gasteiger partial charge in [0.15, 0.2) is 0 Å². The minimum atomic E-state index is 0.361. The molecule has 2 heterocycles. The molecule has 1 aromatic rings. The van der Waals surface area contributed by atoms with Gasteiger partial charge in [-0.05, 0) is 18.6 Å². The summed E-state index contributed by atoms with van der Waals surface area (Å²) in [6.45, 7) is 8.11. The maximum atomic E-state index is 5.49.